The Morgan fingerprint density at radius 1 is 1.17 bits per heavy atom. The molecule has 0 saturated heterocycles. The Hall–Kier alpha value is -3.14. The monoisotopic (exact) mass is 387 g/mol. The van der Waals surface area contributed by atoms with Gasteiger partial charge in [-0.15, -0.1) is 0 Å². The highest BCUT2D eigenvalue weighted by molar-refractivity contribution is 5.90. The molecule has 29 heavy (non-hydrogen) atoms. The van der Waals surface area contributed by atoms with E-state index in [9.17, 15) is 4.79 Å². The third-order valence-corrected chi connectivity index (χ3v) is 5.60. The van der Waals surface area contributed by atoms with Crippen molar-refractivity contribution in [3.05, 3.63) is 83.2 Å². The van der Waals surface area contributed by atoms with E-state index in [0.29, 0.717) is 18.1 Å². The van der Waals surface area contributed by atoms with E-state index in [4.69, 9.17) is 9.47 Å². The fourth-order valence-corrected chi connectivity index (χ4v) is 4.03. The molecule has 148 valence electrons. The highest BCUT2D eigenvalue weighted by Crippen LogP contribution is 2.39. The number of benzene rings is 2. The van der Waals surface area contributed by atoms with Gasteiger partial charge < -0.3 is 9.47 Å². The fraction of sp³-hybridized carbons (Fsp3) is 0.280. The van der Waals surface area contributed by atoms with Crippen LogP contribution in [0.2, 0.25) is 0 Å². The molecule has 0 bridgehead atoms. The van der Waals surface area contributed by atoms with E-state index in [2.05, 4.69) is 54.4 Å². The van der Waals surface area contributed by atoms with Crippen LogP contribution in [0.3, 0.4) is 0 Å². The second-order valence-corrected chi connectivity index (χ2v) is 7.52. The summed E-state index contributed by atoms with van der Waals surface area (Å²) in [5.41, 5.74) is 6.41. The molecule has 4 rings (SSSR count). The standard InChI is InChI=1S/C25H25NO3/c1-17-4-3-5-19(14-17)20-8-9-22-18(11-13-29-24(22)15-20)6-7-21-16-26-12-10-23(21)25(27)28-2/h3-5,8-10,12,14-16,18H,6-7,11,13H2,1-2H3/t18-/m1/s1. The van der Waals surface area contributed by atoms with Crippen LogP contribution in [0.15, 0.2) is 60.9 Å². The number of aromatic nitrogens is 1. The first-order chi connectivity index (χ1) is 14.2. The zero-order chi connectivity index (χ0) is 20.2. The minimum atomic E-state index is -0.308. The summed E-state index contributed by atoms with van der Waals surface area (Å²) in [5.74, 6) is 1.06. The Kier molecular flexibility index (Phi) is 5.61. The predicted octanol–water partition coefficient (Wildman–Crippen LogP) is 5.34. The van der Waals surface area contributed by atoms with Crippen LogP contribution in [0.4, 0.5) is 0 Å². The molecule has 0 saturated carbocycles. The zero-order valence-electron chi connectivity index (χ0n) is 16.9. The molecular formula is C25H25NO3. The minimum Gasteiger partial charge on any atom is -0.493 e. The third kappa shape index (κ3) is 4.16. The number of fused-ring (bicyclic) bond motifs is 1. The number of rotatable bonds is 5. The van der Waals surface area contributed by atoms with Gasteiger partial charge in [-0.2, -0.15) is 0 Å². The average Bonchev–Trinajstić information content (AvgIpc) is 2.77. The highest BCUT2D eigenvalue weighted by Gasteiger charge is 2.23. The topological polar surface area (TPSA) is 48.4 Å². The number of aryl methyl sites for hydroxylation is 2. The SMILES string of the molecule is COC(=O)c1ccncc1CC[C@@H]1CCOc2cc(-c3cccc(C)c3)ccc21. The number of pyridine rings is 1. The van der Waals surface area contributed by atoms with Crippen LogP contribution in [0.1, 0.15) is 45.8 Å². The summed E-state index contributed by atoms with van der Waals surface area (Å²) in [6.45, 7) is 2.82. The molecule has 0 unspecified atom stereocenters. The highest BCUT2D eigenvalue weighted by atomic mass is 16.5. The van der Waals surface area contributed by atoms with Crippen LogP contribution in [-0.4, -0.2) is 24.7 Å². The van der Waals surface area contributed by atoms with Gasteiger partial charge in [0.2, 0.25) is 0 Å². The van der Waals surface area contributed by atoms with Gasteiger partial charge in [-0.05, 0) is 66.5 Å². The quantitative estimate of drug-likeness (QED) is 0.554. The summed E-state index contributed by atoms with van der Waals surface area (Å²) < 4.78 is 10.9. The van der Waals surface area contributed by atoms with E-state index in [0.717, 1.165) is 30.6 Å². The molecule has 2 heterocycles. The van der Waals surface area contributed by atoms with Crippen LogP contribution >= 0.6 is 0 Å². The lowest BCUT2D eigenvalue weighted by Crippen LogP contribution is -2.15. The van der Waals surface area contributed by atoms with Gasteiger partial charge >= 0.3 is 5.97 Å². The Morgan fingerprint density at radius 3 is 2.86 bits per heavy atom. The van der Waals surface area contributed by atoms with Crippen molar-refractivity contribution in [2.45, 2.75) is 32.1 Å². The Morgan fingerprint density at radius 2 is 2.03 bits per heavy atom. The number of ether oxygens (including phenoxy) is 2. The maximum absolute atomic E-state index is 12.0. The third-order valence-electron chi connectivity index (χ3n) is 5.60. The lowest BCUT2D eigenvalue weighted by molar-refractivity contribution is 0.0599. The average molecular weight is 387 g/mol. The van der Waals surface area contributed by atoms with Crippen LogP contribution in [0.25, 0.3) is 11.1 Å². The number of nitrogens with zero attached hydrogens (tertiary/aromatic N) is 1. The molecule has 1 aliphatic rings. The molecule has 0 N–H and O–H groups in total. The van der Waals surface area contributed by atoms with Crippen LogP contribution in [0.5, 0.6) is 5.75 Å². The number of hydrogen-bond donors (Lipinski definition) is 0. The van der Waals surface area contributed by atoms with E-state index >= 15 is 0 Å². The van der Waals surface area contributed by atoms with E-state index in [1.54, 1.807) is 18.5 Å². The molecule has 0 spiro atoms. The van der Waals surface area contributed by atoms with E-state index in [1.807, 2.05) is 0 Å². The summed E-state index contributed by atoms with van der Waals surface area (Å²) in [6.07, 6.45) is 6.10. The molecule has 0 aliphatic carbocycles. The maximum Gasteiger partial charge on any atom is 0.338 e. The predicted molar refractivity (Wildman–Crippen MR) is 113 cm³/mol. The summed E-state index contributed by atoms with van der Waals surface area (Å²) in [6, 6.07) is 16.8. The lowest BCUT2D eigenvalue weighted by Gasteiger charge is -2.26. The first kappa shape index (κ1) is 19.2. The molecule has 2 aromatic carbocycles. The summed E-state index contributed by atoms with van der Waals surface area (Å²) in [7, 11) is 1.41. The normalized spacial score (nSPS) is 15.3. The van der Waals surface area contributed by atoms with Crippen LogP contribution in [-0.2, 0) is 11.2 Å². The number of carbonyl (C=O) groups excluding carboxylic acids is 1. The van der Waals surface area contributed by atoms with Crippen molar-refractivity contribution >= 4 is 5.97 Å². The fourth-order valence-electron chi connectivity index (χ4n) is 4.03. The molecule has 0 amide bonds. The van der Waals surface area contributed by atoms with Gasteiger partial charge in [-0.1, -0.05) is 42.0 Å². The Labute approximate surface area is 171 Å². The van der Waals surface area contributed by atoms with Gasteiger partial charge in [-0.3, -0.25) is 4.98 Å². The van der Waals surface area contributed by atoms with Crippen molar-refractivity contribution in [1.29, 1.82) is 0 Å². The molecule has 0 fully saturated rings. The first-order valence-electron chi connectivity index (χ1n) is 10.0. The van der Waals surface area contributed by atoms with Crippen molar-refractivity contribution < 1.29 is 14.3 Å². The van der Waals surface area contributed by atoms with E-state index < -0.39 is 0 Å². The van der Waals surface area contributed by atoms with Gasteiger partial charge in [0.05, 0.1) is 19.3 Å². The van der Waals surface area contributed by atoms with Crippen molar-refractivity contribution in [2.24, 2.45) is 0 Å². The Balaban J connectivity index is 1.54. The molecule has 4 heteroatoms. The number of hydrogen-bond acceptors (Lipinski definition) is 4. The molecule has 1 aliphatic heterocycles. The minimum absolute atomic E-state index is 0.308. The summed E-state index contributed by atoms with van der Waals surface area (Å²) >= 11 is 0. The summed E-state index contributed by atoms with van der Waals surface area (Å²) in [4.78, 5) is 16.2. The molecule has 1 aromatic heterocycles. The maximum atomic E-state index is 12.0. The van der Waals surface area contributed by atoms with Crippen LogP contribution < -0.4 is 4.74 Å². The van der Waals surface area contributed by atoms with E-state index in [1.165, 1.54) is 29.4 Å². The summed E-state index contributed by atoms with van der Waals surface area (Å²) in [5, 5.41) is 0. The van der Waals surface area contributed by atoms with E-state index in [-0.39, 0.29) is 5.97 Å². The van der Waals surface area contributed by atoms with Gasteiger partial charge in [0.15, 0.2) is 0 Å². The largest absolute Gasteiger partial charge is 0.493 e. The second kappa shape index (κ2) is 8.48. The molecular weight excluding hydrogens is 362 g/mol. The Bertz CT molecular complexity index is 1030. The molecule has 3 aromatic rings. The molecule has 0 radical (unpaired) electrons. The van der Waals surface area contributed by atoms with Crippen molar-refractivity contribution in [2.75, 3.05) is 13.7 Å². The van der Waals surface area contributed by atoms with Crippen molar-refractivity contribution in [3.63, 3.8) is 0 Å². The first-order valence-corrected chi connectivity index (χ1v) is 10.0. The molecule has 1 atom stereocenters. The van der Waals surface area contributed by atoms with Crippen molar-refractivity contribution in [1.82, 2.24) is 4.98 Å². The number of esters is 1. The second-order valence-electron chi connectivity index (χ2n) is 7.52. The van der Waals surface area contributed by atoms with Crippen LogP contribution in [0, 0.1) is 6.92 Å². The van der Waals surface area contributed by atoms with Gasteiger partial charge in [0.1, 0.15) is 5.75 Å². The van der Waals surface area contributed by atoms with Gasteiger partial charge in [-0.25, -0.2) is 4.79 Å². The van der Waals surface area contributed by atoms with Gasteiger partial charge in [0, 0.05) is 12.4 Å². The smallest absolute Gasteiger partial charge is 0.338 e. The van der Waals surface area contributed by atoms with Crippen molar-refractivity contribution in [3.8, 4) is 16.9 Å². The molecule has 4 nitrogen and oxygen atoms in total. The zero-order valence-corrected chi connectivity index (χ0v) is 16.9. The lowest BCUT2D eigenvalue weighted by atomic mass is 9.86. The number of carbonyl (C=O) groups is 1. The number of methoxy groups -OCH3 is 1. The van der Waals surface area contributed by atoms with Gasteiger partial charge in [0.25, 0.3) is 0 Å².